The highest BCUT2D eigenvalue weighted by Crippen LogP contribution is 1.90. The minimum Gasteiger partial charge on any atom is -0.263 e. The normalized spacial score (nSPS) is 13.7. The lowest BCUT2D eigenvalue weighted by Gasteiger charge is -1.85. The van der Waals surface area contributed by atoms with Crippen LogP contribution in [0.1, 0.15) is 6.92 Å². The van der Waals surface area contributed by atoms with E-state index in [4.69, 9.17) is 11.6 Å². The lowest BCUT2D eigenvalue weighted by atomic mass is 10.8. The summed E-state index contributed by atoms with van der Waals surface area (Å²) in [5.74, 6) is 0. The molecule has 0 bridgehead atoms. The molecule has 4 heteroatoms. The predicted molar refractivity (Wildman–Crippen MR) is 22.3 cm³/mol. The lowest BCUT2D eigenvalue weighted by molar-refractivity contribution is -0.493. The van der Waals surface area contributed by atoms with Crippen LogP contribution in [0.25, 0.3) is 0 Å². The number of hydrogen-bond donors (Lipinski definition) is 0. The molecular formula is C2H4ClNO2. The standard InChI is InChI=1S/C2H4ClNO2/c1-2(3)4(5)6/h2H,1H3/t2-/m0/s1. The van der Waals surface area contributed by atoms with Crippen LogP contribution in [0.5, 0.6) is 0 Å². The molecule has 0 rings (SSSR count). The van der Waals surface area contributed by atoms with E-state index < -0.39 is 10.4 Å². The Hall–Kier alpha value is -0.310. The maximum Gasteiger partial charge on any atom is 0.283 e. The monoisotopic (exact) mass is 109 g/mol. The SMILES string of the molecule is C[C@@H](Cl)[N+](=O)[O-]. The van der Waals surface area contributed by atoms with Gasteiger partial charge in [0.15, 0.2) is 0 Å². The molecule has 3 nitrogen and oxygen atoms in total. The molecule has 0 amide bonds. The van der Waals surface area contributed by atoms with E-state index in [2.05, 4.69) is 0 Å². The fourth-order valence-electron chi connectivity index (χ4n) is 0. The van der Waals surface area contributed by atoms with E-state index in [-0.39, 0.29) is 0 Å². The molecular weight excluding hydrogens is 105 g/mol. The number of halogens is 1. The van der Waals surface area contributed by atoms with Crippen molar-refractivity contribution in [3.63, 3.8) is 0 Å². The second-order valence-corrected chi connectivity index (χ2v) is 1.49. The Morgan fingerprint density at radius 3 is 2.17 bits per heavy atom. The minimum absolute atomic E-state index is 0.568. The van der Waals surface area contributed by atoms with Gasteiger partial charge in [-0.05, 0) is 11.6 Å². The average molecular weight is 110 g/mol. The predicted octanol–water partition coefficient (Wildman–Crippen LogP) is 0.848. The van der Waals surface area contributed by atoms with Crippen molar-refractivity contribution < 1.29 is 4.92 Å². The first-order chi connectivity index (χ1) is 2.64. The highest BCUT2D eigenvalue weighted by molar-refractivity contribution is 6.19. The van der Waals surface area contributed by atoms with Gasteiger partial charge in [0, 0.05) is 11.8 Å². The van der Waals surface area contributed by atoms with Crippen molar-refractivity contribution in [2.75, 3.05) is 0 Å². The summed E-state index contributed by atoms with van der Waals surface area (Å²) >= 11 is 4.91. The van der Waals surface area contributed by atoms with Crippen LogP contribution in [0.15, 0.2) is 0 Å². The van der Waals surface area contributed by atoms with E-state index in [0.717, 1.165) is 0 Å². The summed E-state index contributed by atoms with van der Waals surface area (Å²) in [4.78, 5) is 8.80. The van der Waals surface area contributed by atoms with Crippen molar-refractivity contribution in [2.45, 2.75) is 12.4 Å². The van der Waals surface area contributed by atoms with Crippen LogP contribution in [-0.2, 0) is 0 Å². The molecule has 36 valence electrons. The number of nitrogens with zero attached hydrogens (tertiary/aromatic N) is 1. The molecule has 0 aliphatic rings. The van der Waals surface area contributed by atoms with Crippen LogP contribution in [0.2, 0.25) is 0 Å². The van der Waals surface area contributed by atoms with Gasteiger partial charge in [0.05, 0.1) is 0 Å². The molecule has 0 aromatic rings. The molecule has 0 fully saturated rings. The Labute approximate surface area is 40.1 Å². The Balaban J connectivity index is 3.26. The highest BCUT2D eigenvalue weighted by Gasteiger charge is 2.02. The molecule has 0 unspecified atom stereocenters. The van der Waals surface area contributed by atoms with Gasteiger partial charge in [-0.15, -0.1) is 0 Å². The molecule has 0 spiro atoms. The van der Waals surface area contributed by atoms with Crippen molar-refractivity contribution in [3.05, 3.63) is 10.1 Å². The largest absolute Gasteiger partial charge is 0.283 e. The first-order valence-electron chi connectivity index (χ1n) is 1.42. The molecule has 1 atom stereocenters. The van der Waals surface area contributed by atoms with Crippen molar-refractivity contribution >= 4 is 11.6 Å². The van der Waals surface area contributed by atoms with Crippen molar-refractivity contribution in [2.24, 2.45) is 0 Å². The third-order valence-electron chi connectivity index (χ3n) is 0.291. The summed E-state index contributed by atoms with van der Waals surface area (Å²) in [6.07, 6.45) is 0. The van der Waals surface area contributed by atoms with Gasteiger partial charge in [0.1, 0.15) is 0 Å². The fraction of sp³-hybridized carbons (Fsp3) is 1.00. The average Bonchev–Trinajstić information content (AvgIpc) is 1.36. The lowest BCUT2D eigenvalue weighted by Crippen LogP contribution is -2.04. The molecule has 0 aliphatic carbocycles. The Morgan fingerprint density at radius 1 is 2.00 bits per heavy atom. The van der Waals surface area contributed by atoms with Crippen molar-refractivity contribution in [3.8, 4) is 0 Å². The number of hydrogen-bond acceptors (Lipinski definition) is 2. The second kappa shape index (κ2) is 1.97. The molecule has 0 heterocycles. The van der Waals surface area contributed by atoms with Crippen LogP contribution in [-0.4, -0.2) is 10.4 Å². The van der Waals surface area contributed by atoms with Crippen LogP contribution in [0.4, 0.5) is 0 Å². The van der Waals surface area contributed by atoms with Crippen LogP contribution >= 0.6 is 11.6 Å². The van der Waals surface area contributed by atoms with Gasteiger partial charge < -0.3 is 0 Å². The highest BCUT2D eigenvalue weighted by atomic mass is 35.5. The zero-order valence-electron chi connectivity index (χ0n) is 3.22. The van der Waals surface area contributed by atoms with Crippen molar-refractivity contribution in [1.29, 1.82) is 0 Å². The van der Waals surface area contributed by atoms with E-state index >= 15 is 0 Å². The molecule has 0 saturated carbocycles. The number of rotatable bonds is 1. The van der Waals surface area contributed by atoms with Gasteiger partial charge in [-0.2, -0.15) is 0 Å². The maximum atomic E-state index is 9.37. The Morgan fingerprint density at radius 2 is 2.17 bits per heavy atom. The van der Waals surface area contributed by atoms with E-state index in [1.807, 2.05) is 0 Å². The Bertz CT molecular complexity index is 62.6. The molecule has 0 radical (unpaired) electrons. The van der Waals surface area contributed by atoms with Crippen LogP contribution in [0.3, 0.4) is 0 Å². The van der Waals surface area contributed by atoms with Crippen molar-refractivity contribution in [1.82, 2.24) is 0 Å². The molecule has 0 saturated heterocycles. The van der Waals surface area contributed by atoms with Gasteiger partial charge in [-0.3, -0.25) is 10.1 Å². The van der Waals surface area contributed by atoms with Gasteiger partial charge in [-0.25, -0.2) is 0 Å². The fourth-order valence-corrected chi connectivity index (χ4v) is 0. The summed E-state index contributed by atoms with van der Waals surface area (Å²) in [7, 11) is 0. The number of alkyl halides is 1. The first kappa shape index (κ1) is 5.69. The number of nitro groups is 1. The van der Waals surface area contributed by atoms with E-state index in [1.54, 1.807) is 0 Å². The summed E-state index contributed by atoms with van der Waals surface area (Å²) < 4.78 is 0. The third-order valence-corrected chi connectivity index (χ3v) is 0.450. The summed E-state index contributed by atoms with van der Waals surface area (Å²) in [5, 5.41) is 9.37. The second-order valence-electron chi connectivity index (χ2n) is 0.859. The summed E-state index contributed by atoms with van der Waals surface area (Å²) in [5.41, 5.74) is -0.954. The van der Waals surface area contributed by atoms with Gasteiger partial charge in [-0.1, -0.05) is 0 Å². The van der Waals surface area contributed by atoms with E-state index in [9.17, 15) is 10.1 Å². The molecule has 0 N–H and O–H groups in total. The molecule has 0 aliphatic heterocycles. The smallest absolute Gasteiger partial charge is 0.263 e. The zero-order valence-corrected chi connectivity index (χ0v) is 3.97. The minimum atomic E-state index is -0.954. The topological polar surface area (TPSA) is 43.1 Å². The summed E-state index contributed by atoms with van der Waals surface area (Å²) in [6, 6.07) is 0. The quantitative estimate of drug-likeness (QED) is 0.217. The van der Waals surface area contributed by atoms with Crippen LogP contribution in [0, 0.1) is 10.1 Å². The first-order valence-corrected chi connectivity index (χ1v) is 1.86. The van der Waals surface area contributed by atoms with E-state index in [0.29, 0.717) is 0 Å². The molecule has 0 aromatic heterocycles. The summed E-state index contributed by atoms with van der Waals surface area (Å²) in [6.45, 7) is 1.31. The van der Waals surface area contributed by atoms with Gasteiger partial charge in [0.25, 0.3) is 5.50 Å². The third kappa shape index (κ3) is 1.96. The zero-order chi connectivity index (χ0) is 5.15. The van der Waals surface area contributed by atoms with Crippen LogP contribution < -0.4 is 0 Å². The molecule has 6 heavy (non-hydrogen) atoms. The molecule has 0 aromatic carbocycles. The maximum absolute atomic E-state index is 9.37. The van der Waals surface area contributed by atoms with Gasteiger partial charge >= 0.3 is 0 Å². The Kier molecular flexibility index (Phi) is 1.87. The van der Waals surface area contributed by atoms with E-state index in [1.165, 1.54) is 6.92 Å². The van der Waals surface area contributed by atoms with Gasteiger partial charge in [0.2, 0.25) is 0 Å².